The molecule has 0 bridgehead atoms. The summed E-state index contributed by atoms with van der Waals surface area (Å²) < 4.78 is 22.0. The Morgan fingerprint density at radius 3 is 2.37 bits per heavy atom. The second-order valence-corrected chi connectivity index (χ2v) is 8.47. The van der Waals surface area contributed by atoms with Crippen molar-refractivity contribution in [3.63, 3.8) is 0 Å². The van der Waals surface area contributed by atoms with Crippen LogP contribution in [0.2, 0.25) is 0 Å². The molecule has 0 radical (unpaired) electrons. The monoisotopic (exact) mass is 488 g/mol. The van der Waals surface area contributed by atoms with E-state index in [0.717, 1.165) is 5.56 Å². The summed E-state index contributed by atoms with van der Waals surface area (Å²) in [7, 11) is 1.58. The minimum Gasteiger partial charge on any atom is -0.497 e. The number of hydrogen-bond donors (Lipinski definition) is 4. The summed E-state index contributed by atoms with van der Waals surface area (Å²) in [6.45, 7) is 6.58. The average molecular weight is 489 g/mol. The van der Waals surface area contributed by atoms with E-state index in [2.05, 4.69) is 6.58 Å². The summed E-state index contributed by atoms with van der Waals surface area (Å²) in [5.74, 6) is 0.566. The standard InChI is InChI=1S/C26H32O9/c1-5-18-10-17(13-33-15(3)28)12-21(20(18)11-16-6-8-19(32-4)9-7-16)34-26-24(31)22(29)23(30)25(35-26)14(2)27/h5-10,12,14,22-27,29-31H,1,11,13H2,2-4H3/t14-,22+,23+,24-,25-,26-/m1/s1. The summed E-state index contributed by atoms with van der Waals surface area (Å²) in [4.78, 5) is 11.3. The highest BCUT2D eigenvalue weighted by Gasteiger charge is 2.46. The van der Waals surface area contributed by atoms with Gasteiger partial charge in [0.1, 0.15) is 42.5 Å². The lowest BCUT2D eigenvalue weighted by atomic mass is 9.95. The normalized spacial score (nSPS) is 24.9. The molecule has 0 aromatic heterocycles. The third kappa shape index (κ3) is 6.39. The highest BCUT2D eigenvalue weighted by atomic mass is 16.7. The molecular weight excluding hydrogens is 456 g/mol. The molecule has 9 nitrogen and oxygen atoms in total. The minimum absolute atomic E-state index is 0.0128. The number of carbonyl (C=O) groups excluding carboxylic acids is 1. The predicted octanol–water partition coefficient (Wildman–Crippen LogP) is 1.56. The SMILES string of the molecule is C=Cc1cc(COC(C)=O)cc(O[C@@H]2O[C@H]([C@@H](C)O)[C@@H](O)[C@H](O)[C@H]2O)c1Cc1ccc(OC)cc1. The number of esters is 1. The van der Waals surface area contributed by atoms with Gasteiger partial charge in [-0.15, -0.1) is 0 Å². The summed E-state index contributed by atoms with van der Waals surface area (Å²) in [5.41, 5.74) is 2.97. The van der Waals surface area contributed by atoms with E-state index < -0.39 is 42.8 Å². The van der Waals surface area contributed by atoms with Crippen molar-refractivity contribution in [2.24, 2.45) is 0 Å². The van der Waals surface area contributed by atoms with E-state index in [1.54, 1.807) is 19.3 Å². The fourth-order valence-electron chi connectivity index (χ4n) is 3.91. The first-order valence-corrected chi connectivity index (χ1v) is 11.2. The van der Waals surface area contributed by atoms with E-state index in [1.165, 1.54) is 13.8 Å². The van der Waals surface area contributed by atoms with Gasteiger partial charge in [-0.3, -0.25) is 4.79 Å². The third-order valence-corrected chi connectivity index (χ3v) is 5.83. The maximum atomic E-state index is 11.3. The van der Waals surface area contributed by atoms with E-state index in [9.17, 15) is 25.2 Å². The van der Waals surface area contributed by atoms with Gasteiger partial charge < -0.3 is 39.4 Å². The van der Waals surface area contributed by atoms with Gasteiger partial charge >= 0.3 is 5.97 Å². The van der Waals surface area contributed by atoms with Crippen LogP contribution in [0.3, 0.4) is 0 Å². The van der Waals surface area contributed by atoms with Crippen molar-refractivity contribution in [1.82, 2.24) is 0 Å². The van der Waals surface area contributed by atoms with Gasteiger partial charge in [0.05, 0.1) is 13.2 Å². The van der Waals surface area contributed by atoms with Gasteiger partial charge in [-0.2, -0.15) is 0 Å². The fraction of sp³-hybridized carbons (Fsp3) is 0.423. The maximum absolute atomic E-state index is 11.3. The van der Waals surface area contributed by atoms with E-state index in [-0.39, 0.29) is 6.61 Å². The average Bonchev–Trinajstić information content (AvgIpc) is 2.84. The van der Waals surface area contributed by atoms with E-state index >= 15 is 0 Å². The first kappa shape index (κ1) is 26.7. The van der Waals surface area contributed by atoms with Crippen LogP contribution in [0, 0.1) is 0 Å². The van der Waals surface area contributed by atoms with Crippen LogP contribution >= 0.6 is 0 Å². The topological polar surface area (TPSA) is 135 Å². The van der Waals surface area contributed by atoms with Crippen LogP contribution in [0.25, 0.3) is 6.08 Å². The summed E-state index contributed by atoms with van der Waals surface area (Å²) >= 11 is 0. The molecule has 1 fully saturated rings. The van der Waals surface area contributed by atoms with E-state index in [0.29, 0.717) is 34.6 Å². The number of aliphatic hydroxyl groups excluding tert-OH is 4. The zero-order chi connectivity index (χ0) is 25.7. The lowest BCUT2D eigenvalue weighted by Gasteiger charge is -2.41. The van der Waals surface area contributed by atoms with Crippen LogP contribution in [-0.2, 0) is 27.3 Å². The molecule has 1 saturated heterocycles. The molecule has 0 aliphatic carbocycles. The number of rotatable bonds is 9. The number of ether oxygens (including phenoxy) is 4. The Morgan fingerprint density at radius 2 is 1.80 bits per heavy atom. The number of carbonyl (C=O) groups is 1. The maximum Gasteiger partial charge on any atom is 0.302 e. The molecule has 190 valence electrons. The Hall–Kier alpha value is -2.95. The number of methoxy groups -OCH3 is 1. The molecule has 0 unspecified atom stereocenters. The van der Waals surface area contributed by atoms with Crippen molar-refractivity contribution in [1.29, 1.82) is 0 Å². The van der Waals surface area contributed by atoms with Crippen molar-refractivity contribution in [3.05, 3.63) is 65.2 Å². The van der Waals surface area contributed by atoms with Crippen molar-refractivity contribution < 1.29 is 44.2 Å². The summed E-state index contributed by atoms with van der Waals surface area (Å²) in [6.07, 6.45) is -6.31. The van der Waals surface area contributed by atoms with Gasteiger partial charge in [-0.1, -0.05) is 24.8 Å². The molecule has 2 aromatic rings. The molecule has 1 aliphatic heterocycles. The Morgan fingerprint density at radius 1 is 1.11 bits per heavy atom. The summed E-state index contributed by atoms with van der Waals surface area (Å²) in [6, 6.07) is 10.9. The third-order valence-electron chi connectivity index (χ3n) is 5.83. The van der Waals surface area contributed by atoms with Gasteiger partial charge in [-0.25, -0.2) is 0 Å². The van der Waals surface area contributed by atoms with E-state index in [1.807, 2.05) is 30.3 Å². The van der Waals surface area contributed by atoms with Gasteiger partial charge in [0.2, 0.25) is 6.29 Å². The predicted molar refractivity (Wildman–Crippen MR) is 127 cm³/mol. The quantitative estimate of drug-likeness (QED) is 0.388. The van der Waals surface area contributed by atoms with Gasteiger partial charge in [0, 0.05) is 18.9 Å². The Labute approximate surface area is 204 Å². The van der Waals surface area contributed by atoms with Crippen molar-refractivity contribution in [2.75, 3.05) is 7.11 Å². The van der Waals surface area contributed by atoms with E-state index in [4.69, 9.17) is 18.9 Å². The first-order valence-electron chi connectivity index (χ1n) is 11.2. The molecule has 4 N–H and O–H groups in total. The Balaban J connectivity index is 2.00. The van der Waals surface area contributed by atoms with Gasteiger partial charge in [-0.05, 0) is 47.9 Å². The van der Waals surface area contributed by atoms with Crippen molar-refractivity contribution >= 4 is 12.0 Å². The molecule has 35 heavy (non-hydrogen) atoms. The van der Waals surface area contributed by atoms with Gasteiger partial charge in [0.25, 0.3) is 0 Å². The smallest absolute Gasteiger partial charge is 0.302 e. The molecule has 0 amide bonds. The molecule has 3 rings (SSSR count). The van der Waals surface area contributed by atoms with Crippen molar-refractivity contribution in [2.45, 2.75) is 63.7 Å². The van der Waals surface area contributed by atoms with Crippen LogP contribution in [0.4, 0.5) is 0 Å². The molecular formula is C26H32O9. The Bertz CT molecular complexity index is 1020. The molecule has 2 aromatic carbocycles. The van der Waals surface area contributed by atoms with Crippen LogP contribution in [-0.4, -0.2) is 70.3 Å². The second kappa shape index (κ2) is 11.7. The van der Waals surface area contributed by atoms with Crippen LogP contribution < -0.4 is 9.47 Å². The zero-order valence-corrected chi connectivity index (χ0v) is 20.0. The molecule has 9 heteroatoms. The molecule has 0 saturated carbocycles. The highest BCUT2D eigenvalue weighted by molar-refractivity contribution is 5.66. The lowest BCUT2D eigenvalue weighted by Crippen LogP contribution is -2.61. The molecule has 1 aliphatic rings. The molecule has 1 heterocycles. The lowest BCUT2D eigenvalue weighted by molar-refractivity contribution is -0.286. The van der Waals surface area contributed by atoms with Gasteiger partial charge in [0.15, 0.2) is 0 Å². The first-order chi connectivity index (χ1) is 16.6. The van der Waals surface area contributed by atoms with Crippen LogP contribution in [0.1, 0.15) is 36.1 Å². The summed E-state index contributed by atoms with van der Waals surface area (Å²) in [5, 5.41) is 41.0. The largest absolute Gasteiger partial charge is 0.497 e. The number of benzene rings is 2. The van der Waals surface area contributed by atoms with Crippen molar-refractivity contribution in [3.8, 4) is 11.5 Å². The second-order valence-electron chi connectivity index (χ2n) is 8.47. The highest BCUT2D eigenvalue weighted by Crippen LogP contribution is 2.33. The Kier molecular flexibility index (Phi) is 8.87. The zero-order valence-electron chi connectivity index (χ0n) is 20.0. The molecule has 0 spiro atoms. The fourth-order valence-corrected chi connectivity index (χ4v) is 3.91. The minimum atomic E-state index is -1.60. The van der Waals surface area contributed by atoms with Crippen LogP contribution in [0.15, 0.2) is 43.0 Å². The molecule has 6 atom stereocenters. The van der Waals surface area contributed by atoms with Crippen LogP contribution in [0.5, 0.6) is 11.5 Å². The number of hydrogen-bond acceptors (Lipinski definition) is 9. The number of aliphatic hydroxyl groups is 4.